The van der Waals surface area contributed by atoms with E-state index in [1.807, 2.05) is 0 Å². The fourth-order valence-corrected chi connectivity index (χ4v) is 3.97. The first-order valence-electron chi connectivity index (χ1n) is 6.63. The minimum atomic E-state index is -1.44. The highest BCUT2D eigenvalue weighted by Crippen LogP contribution is 2.32. The van der Waals surface area contributed by atoms with E-state index in [1.165, 1.54) is 18.2 Å². The lowest BCUT2D eigenvalue weighted by Gasteiger charge is -2.14. The van der Waals surface area contributed by atoms with Gasteiger partial charge < -0.3 is 14.3 Å². The second-order valence-corrected chi connectivity index (χ2v) is 7.44. The molecule has 1 aromatic heterocycles. The topological polar surface area (TPSA) is 90.7 Å². The summed E-state index contributed by atoms with van der Waals surface area (Å²) in [4.78, 5) is 36.5. The van der Waals surface area contributed by atoms with Crippen molar-refractivity contribution in [3.8, 4) is 0 Å². The summed E-state index contributed by atoms with van der Waals surface area (Å²) in [5.41, 5.74) is -0.173. The molecular weight excluding hydrogens is 409 g/mol. The van der Waals surface area contributed by atoms with Crippen molar-refractivity contribution in [3.05, 3.63) is 49.1 Å². The van der Waals surface area contributed by atoms with Crippen LogP contribution in [0.1, 0.15) is 5.56 Å². The molecule has 0 aliphatic carbocycles. The van der Waals surface area contributed by atoms with Gasteiger partial charge in [0.2, 0.25) is 0 Å². The van der Waals surface area contributed by atoms with E-state index in [2.05, 4.69) is 0 Å². The second kappa shape index (κ2) is 6.80. The normalized spacial score (nSPS) is 16.2. The van der Waals surface area contributed by atoms with E-state index in [4.69, 9.17) is 39.8 Å². The first-order chi connectivity index (χ1) is 11.8. The van der Waals surface area contributed by atoms with Gasteiger partial charge in [-0.05, 0) is 18.2 Å². The van der Waals surface area contributed by atoms with Crippen LogP contribution in [0.25, 0.3) is 17.0 Å². The van der Waals surface area contributed by atoms with Crippen molar-refractivity contribution in [2.24, 2.45) is 0 Å². The SMILES string of the molecule is O=C([O-])CN1C(=O)/C(=C\c2coc3c(Cl)cc(Cl)cc3c2=O)SC1=S. The summed E-state index contributed by atoms with van der Waals surface area (Å²) in [6, 6.07) is 2.85. The van der Waals surface area contributed by atoms with E-state index in [0.717, 1.165) is 22.9 Å². The third kappa shape index (κ3) is 3.43. The number of hydrogen-bond acceptors (Lipinski definition) is 7. The van der Waals surface area contributed by atoms with Crippen molar-refractivity contribution in [2.45, 2.75) is 0 Å². The number of fused-ring (bicyclic) bond motifs is 1. The molecule has 0 bridgehead atoms. The van der Waals surface area contributed by atoms with Crippen LogP contribution < -0.4 is 10.5 Å². The summed E-state index contributed by atoms with van der Waals surface area (Å²) in [5, 5.41) is 11.3. The number of carbonyl (C=O) groups excluding carboxylic acids is 2. The molecule has 0 spiro atoms. The lowest BCUT2D eigenvalue weighted by atomic mass is 10.1. The van der Waals surface area contributed by atoms with Gasteiger partial charge in [0.1, 0.15) is 10.6 Å². The molecule has 2 heterocycles. The molecule has 0 unspecified atom stereocenters. The maximum atomic E-state index is 12.6. The maximum absolute atomic E-state index is 12.6. The summed E-state index contributed by atoms with van der Waals surface area (Å²) in [6.07, 6.45) is 2.45. The summed E-state index contributed by atoms with van der Waals surface area (Å²) in [5.74, 6) is -2.06. The standard InChI is InChI=1S/C15H7Cl2NO5S2/c16-7-2-8-12(21)6(5-23-13(8)9(17)3-7)1-10-14(22)18(4-11(19)20)15(24)25-10/h1-3,5H,4H2,(H,19,20)/p-1/b10-1+. The molecule has 2 aromatic rings. The minimum absolute atomic E-state index is 0.0664. The third-order valence-corrected chi connectivity index (χ3v) is 5.14. The molecule has 1 aromatic carbocycles. The highest BCUT2D eigenvalue weighted by atomic mass is 35.5. The predicted octanol–water partition coefficient (Wildman–Crippen LogP) is 2.05. The maximum Gasteiger partial charge on any atom is 0.266 e. The molecule has 3 rings (SSSR count). The first kappa shape index (κ1) is 17.9. The number of nitrogens with zero attached hydrogens (tertiary/aromatic N) is 1. The van der Waals surface area contributed by atoms with Crippen LogP contribution in [-0.2, 0) is 9.59 Å². The second-order valence-electron chi connectivity index (χ2n) is 4.92. The number of carbonyl (C=O) groups is 2. The zero-order valence-electron chi connectivity index (χ0n) is 12.1. The zero-order chi connectivity index (χ0) is 18.3. The molecule has 0 N–H and O–H groups in total. The number of amides is 1. The molecule has 0 atom stereocenters. The smallest absolute Gasteiger partial charge is 0.266 e. The zero-order valence-corrected chi connectivity index (χ0v) is 15.2. The Morgan fingerprint density at radius 1 is 1.36 bits per heavy atom. The Hall–Kier alpha value is -1.87. The molecule has 1 amide bonds. The molecule has 1 saturated heterocycles. The number of thioether (sulfide) groups is 1. The molecule has 0 radical (unpaired) electrons. The number of halogens is 2. The van der Waals surface area contributed by atoms with E-state index in [9.17, 15) is 19.5 Å². The highest BCUT2D eigenvalue weighted by molar-refractivity contribution is 8.26. The predicted molar refractivity (Wildman–Crippen MR) is 97.4 cm³/mol. The number of rotatable bonds is 3. The highest BCUT2D eigenvalue weighted by Gasteiger charge is 2.32. The molecule has 0 saturated carbocycles. The van der Waals surface area contributed by atoms with E-state index in [1.54, 1.807) is 0 Å². The Kier molecular flexibility index (Phi) is 4.88. The first-order valence-corrected chi connectivity index (χ1v) is 8.62. The van der Waals surface area contributed by atoms with Crippen LogP contribution in [0.3, 0.4) is 0 Å². The Morgan fingerprint density at radius 3 is 2.76 bits per heavy atom. The summed E-state index contributed by atoms with van der Waals surface area (Å²) < 4.78 is 5.43. The van der Waals surface area contributed by atoms with Gasteiger partial charge >= 0.3 is 0 Å². The van der Waals surface area contributed by atoms with Gasteiger partial charge in [0, 0.05) is 5.02 Å². The van der Waals surface area contributed by atoms with E-state index >= 15 is 0 Å². The van der Waals surface area contributed by atoms with E-state index < -0.39 is 23.9 Å². The van der Waals surface area contributed by atoms with Gasteiger partial charge in [0.25, 0.3) is 5.91 Å². The van der Waals surface area contributed by atoms with Crippen molar-refractivity contribution in [1.82, 2.24) is 4.90 Å². The van der Waals surface area contributed by atoms with Gasteiger partial charge in [-0.3, -0.25) is 14.5 Å². The van der Waals surface area contributed by atoms with Crippen LogP contribution in [0.2, 0.25) is 10.0 Å². The molecule has 1 fully saturated rings. The van der Waals surface area contributed by atoms with Crippen molar-refractivity contribution in [1.29, 1.82) is 0 Å². The monoisotopic (exact) mass is 414 g/mol. The number of thiocarbonyl (C=S) groups is 1. The van der Waals surface area contributed by atoms with E-state index in [0.29, 0.717) is 0 Å². The Bertz CT molecular complexity index is 1030. The van der Waals surface area contributed by atoms with Crippen LogP contribution >= 0.6 is 47.2 Å². The number of benzene rings is 1. The fourth-order valence-electron chi connectivity index (χ4n) is 2.19. The van der Waals surface area contributed by atoms with Gasteiger partial charge in [-0.2, -0.15) is 0 Å². The lowest BCUT2D eigenvalue weighted by Crippen LogP contribution is -2.40. The molecular formula is C15H6Cl2NO5S2-. The summed E-state index contributed by atoms with van der Waals surface area (Å²) in [7, 11) is 0. The minimum Gasteiger partial charge on any atom is -0.548 e. The van der Waals surface area contributed by atoms with Gasteiger partial charge in [-0.15, -0.1) is 0 Å². The van der Waals surface area contributed by atoms with Crippen LogP contribution in [0, 0.1) is 0 Å². The molecule has 6 nitrogen and oxygen atoms in total. The van der Waals surface area contributed by atoms with Crippen LogP contribution in [0.15, 0.2) is 32.5 Å². The van der Waals surface area contributed by atoms with Gasteiger partial charge in [-0.25, -0.2) is 0 Å². The number of hydrogen-bond donors (Lipinski definition) is 0. The fraction of sp³-hybridized carbons (Fsp3) is 0.0667. The van der Waals surface area contributed by atoms with Crippen molar-refractivity contribution in [3.63, 3.8) is 0 Å². The van der Waals surface area contributed by atoms with Gasteiger partial charge in [0.05, 0.1) is 33.4 Å². The van der Waals surface area contributed by atoms with Gasteiger partial charge in [-0.1, -0.05) is 47.2 Å². The van der Waals surface area contributed by atoms with Crippen molar-refractivity contribution >= 4 is 80.4 Å². The lowest BCUT2D eigenvalue weighted by molar-refractivity contribution is -0.305. The summed E-state index contributed by atoms with van der Waals surface area (Å²) in [6.45, 7) is -0.653. The number of aliphatic carboxylic acids is 1. The quantitative estimate of drug-likeness (QED) is 0.560. The van der Waals surface area contributed by atoms with Crippen LogP contribution in [-0.4, -0.2) is 27.6 Å². The Balaban J connectivity index is 2.06. The Morgan fingerprint density at radius 2 is 2.08 bits per heavy atom. The molecule has 25 heavy (non-hydrogen) atoms. The average molecular weight is 415 g/mol. The van der Waals surface area contributed by atoms with Crippen LogP contribution in [0.5, 0.6) is 0 Å². The molecule has 128 valence electrons. The average Bonchev–Trinajstić information content (AvgIpc) is 2.77. The van der Waals surface area contributed by atoms with Crippen molar-refractivity contribution in [2.75, 3.05) is 6.54 Å². The van der Waals surface area contributed by atoms with Crippen molar-refractivity contribution < 1.29 is 19.1 Å². The molecule has 1 aliphatic rings. The van der Waals surface area contributed by atoms with Gasteiger partial charge in [0.15, 0.2) is 11.0 Å². The van der Waals surface area contributed by atoms with E-state index in [-0.39, 0.29) is 35.8 Å². The molecule has 1 aliphatic heterocycles. The third-order valence-electron chi connectivity index (χ3n) is 3.27. The Labute approximate surface area is 160 Å². The summed E-state index contributed by atoms with van der Waals surface area (Å²) >= 11 is 17.8. The number of carboxylic acids is 1. The number of carboxylic acid groups (broad SMARTS) is 1. The molecule has 10 heteroatoms. The largest absolute Gasteiger partial charge is 0.548 e. The van der Waals surface area contributed by atoms with Crippen LogP contribution in [0.4, 0.5) is 0 Å².